The molecule has 3 heterocycles. The third-order valence-electron chi connectivity index (χ3n) is 6.05. The highest BCUT2D eigenvalue weighted by Crippen LogP contribution is 2.26. The highest BCUT2D eigenvalue weighted by molar-refractivity contribution is 5.94. The molecule has 1 N–H and O–H groups in total. The molecular weight excluding hydrogens is 447 g/mol. The summed E-state index contributed by atoms with van der Waals surface area (Å²) >= 11 is 0. The minimum atomic E-state index is 0. The zero-order valence-corrected chi connectivity index (χ0v) is 19.3. The van der Waals surface area contributed by atoms with Gasteiger partial charge in [0.1, 0.15) is 0 Å². The van der Waals surface area contributed by atoms with Gasteiger partial charge in [-0.25, -0.2) is 0 Å². The van der Waals surface area contributed by atoms with E-state index in [0.717, 1.165) is 49.5 Å². The summed E-state index contributed by atoms with van der Waals surface area (Å²) in [6.07, 6.45) is 2.86. The predicted octanol–water partition coefficient (Wildman–Crippen LogP) is 2.80. The molecule has 7 nitrogen and oxygen atoms in total. The van der Waals surface area contributed by atoms with E-state index < -0.39 is 0 Å². The van der Waals surface area contributed by atoms with E-state index in [1.807, 2.05) is 60.7 Å². The zero-order valence-electron chi connectivity index (χ0n) is 17.7. The van der Waals surface area contributed by atoms with Gasteiger partial charge in [0.15, 0.2) is 0 Å². The number of halogens is 2. The molecule has 3 aromatic rings. The smallest absolute Gasteiger partial charge is 0.254 e. The SMILES string of the molecule is Cl.Cl.O=C(c1ccccc1)N1CC(CNCc2cnn(-c3ccccc3)n2)N2CCC1C2. The number of hydrogen-bond acceptors (Lipinski definition) is 5. The third kappa shape index (κ3) is 5.13. The average molecular weight is 475 g/mol. The lowest BCUT2D eigenvalue weighted by Gasteiger charge is -2.40. The molecule has 2 aliphatic rings. The Morgan fingerprint density at radius 2 is 1.72 bits per heavy atom. The van der Waals surface area contributed by atoms with Crippen molar-refractivity contribution in [3.05, 3.63) is 78.1 Å². The molecular formula is C23H28Cl2N6O. The summed E-state index contributed by atoms with van der Waals surface area (Å²) in [5.74, 6) is 0.151. The Labute approximate surface area is 200 Å². The molecule has 9 heteroatoms. The topological polar surface area (TPSA) is 66.3 Å². The second-order valence-electron chi connectivity index (χ2n) is 8.01. The average Bonchev–Trinajstić information content (AvgIpc) is 3.44. The molecule has 2 saturated heterocycles. The number of carbonyl (C=O) groups excluding carboxylic acids is 1. The largest absolute Gasteiger partial charge is 0.333 e. The fourth-order valence-electron chi connectivity index (χ4n) is 4.46. The molecule has 5 rings (SSSR count). The first kappa shape index (κ1) is 24.2. The van der Waals surface area contributed by atoms with Crippen molar-refractivity contribution in [3.8, 4) is 5.69 Å². The van der Waals surface area contributed by atoms with Gasteiger partial charge in [0, 0.05) is 50.4 Å². The van der Waals surface area contributed by atoms with Gasteiger partial charge in [0.25, 0.3) is 5.91 Å². The first-order chi connectivity index (χ1) is 14.8. The van der Waals surface area contributed by atoms with Crippen molar-refractivity contribution in [2.24, 2.45) is 0 Å². The fraction of sp³-hybridized carbons (Fsp3) is 0.348. The van der Waals surface area contributed by atoms with Gasteiger partial charge in [0.2, 0.25) is 0 Å². The van der Waals surface area contributed by atoms with Crippen molar-refractivity contribution >= 4 is 30.7 Å². The van der Waals surface area contributed by atoms with Crippen LogP contribution in [0.1, 0.15) is 22.5 Å². The summed E-state index contributed by atoms with van der Waals surface area (Å²) in [6.45, 7) is 4.27. The van der Waals surface area contributed by atoms with Crippen LogP contribution in [0.15, 0.2) is 66.9 Å². The van der Waals surface area contributed by atoms with Crippen molar-refractivity contribution in [2.75, 3.05) is 26.2 Å². The predicted molar refractivity (Wildman–Crippen MR) is 129 cm³/mol. The molecule has 170 valence electrons. The Hall–Kier alpha value is -2.45. The monoisotopic (exact) mass is 474 g/mol. The van der Waals surface area contributed by atoms with Crippen LogP contribution >= 0.6 is 24.8 Å². The molecule has 0 radical (unpaired) electrons. The van der Waals surface area contributed by atoms with Crippen LogP contribution < -0.4 is 5.32 Å². The van der Waals surface area contributed by atoms with Crippen LogP contribution in [-0.2, 0) is 6.54 Å². The van der Waals surface area contributed by atoms with Gasteiger partial charge < -0.3 is 10.2 Å². The molecule has 3 unspecified atom stereocenters. The Kier molecular flexibility index (Phi) is 8.26. The summed E-state index contributed by atoms with van der Waals surface area (Å²) in [6, 6.07) is 20.2. The van der Waals surface area contributed by atoms with E-state index in [-0.39, 0.29) is 30.7 Å². The van der Waals surface area contributed by atoms with Crippen molar-refractivity contribution in [1.29, 1.82) is 0 Å². The number of aromatic nitrogens is 3. The highest BCUT2D eigenvalue weighted by atomic mass is 35.5. The number of amides is 1. The van der Waals surface area contributed by atoms with E-state index in [2.05, 4.69) is 25.3 Å². The molecule has 3 atom stereocenters. The summed E-state index contributed by atoms with van der Waals surface area (Å²) in [4.78, 5) is 19.3. The number of fused-ring (bicyclic) bond motifs is 2. The van der Waals surface area contributed by atoms with Crippen LogP contribution in [0.5, 0.6) is 0 Å². The minimum absolute atomic E-state index is 0. The summed E-state index contributed by atoms with van der Waals surface area (Å²) in [5, 5.41) is 12.4. The number of hydrogen-bond donors (Lipinski definition) is 1. The van der Waals surface area contributed by atoms with Crippen LogP contribution in [0.3, 0.4) is 0 Å². The molecule has 0 saturated carbocycles. The van der Waals surface area contributed by atoms with E-state index in [0.29, 0.717) is 18.6 Å². The van der Waals surface area contributed by atoms with Gasteiger partial charge in [-0.05, 0) is 30.7 Å². The number of carbonyl (C=O) groups is 1. The Morgan fingerprint density at radius 3 is 2.47 bits per heavy atom. The number of piperazine rings is 1. The molecule has 32 heavy (non-hydrogen) atoms. The van der Waals surface area contributed by atoms with Gasteiger partial charge in [-0.15, -0.1) is 24.8 Å². The van der Waals surface area contributed by atoms with Gasteiger partial charge in [-0.2, -0.15) is 15.0 Å². The quantitative estimate of drug-likeness (QED) is 0.594. The van der Waals surface area contributed by atoms with E-state index in [1.54, 1.807) is 11.0 Å². The first-order valence-corrected chi connectivity index (χ1v) is 10.6. The molecule has 1 amide bonds. The highest BCUT2D eigenvalue weighted by Gasteiger charge is 2.40. The van der Waals surface area contributed by atoms with Crippen LogP contribution in [0.2, 0.25) is 0 Å². The molecule has 0 spiro atoms. The van der Waals surface area contributed by atoms with Gasteiger partial charge in [-0.3, -0.25) is 9.69 Å². The van der Waals surface area contributed by atoms with Crippen molar-refractivity contribution in [2.45, 2.75) is 25.0 Å². The maximum Gasteiger partial charge on any atom is 0.254 e. The van der Waals surface area contributed by atoms with E-state index in [1.165, 1.54) is 0 Å². The van der Waals surface area contributed by atoms with Crippen LogP contribution in [-0.4, -0.2) is 69.0 Å². The third-order valence-corrected chi connectivity index (χ3v) is 6.05. The van der Waals surface area contributed by atoms with Crippen molar-refractivity contribution < 1.29 is 4.79 Å². The molecule has 2 bridgehead atoms. The lowest BCUT2D eigenvalue weighted by Crippen LogP contribution is -2.57. The Balaban J connectivity index is 0.00000144. The van der Waals surface area contributed by atoms with Crippen LogP contribution in [0.4, 0.5) is 0 Å². The standard InChI is InChI=1S/C23H26N6O.2ClH/c30-23(18-7-3-1-4-8-18)28-17-22(27-12-11-21(28)16-27)15-24-13-19-14-25-29(26-19)20-9-5-2-6-10-20;;/h1-10,14,21-22,24H,11-13,15-17H2;2*1H. The van der Waals surface area contributed by atoms with Crippen LogP contribution in [0, 0.1) is 0 Å². The molecule has 2 aliphatic heterocycles. The first-order valence-electron chi connectivity index (χ1n) is 10.6. The van der Waals surface area contributed by atoms with E-state index >= 15 is 0 Å². The number of nitrogens with one attached hydrogen (secondary N) is 1. The minimum Gasteiger partial charge on any atom is -0.333 e. The van der Waals surface area contributed by atoms with Crippen molar-refractivity contribution in [1.82, 2.24) is 30.1 Å². The summed E-state index contributed by atoms with van der Waals surface area (Å²) in [7, 11) is 0. The molecule has 0 aliphatic carbocycles. The van der Waals surface area contributed by atoms with Gasteiger partial charge in [0.05, 0.1) is 17.6 Å². The van der Waals surface area contributed by atoms with Gasteiger partial charge >= 0.3 is 0 Å². The summed E-state index contributed by atoms with van der Waals surface area (Å²) in [5.41, 5.74) is 2.64. The van der Waals surface area contributed by atoms with Crippen LogP contribution in [0.25, 0.3) is 5.69 Å². The normalized spacial score (nSPS) is 21.5. The fourth-order valence-corrected chi connectivity index (χ4v) is 4.46. The lowest BCUT2D eigenvalue weighted by atomic mass is 10.1. The maximum atomic E-state index is 13.0. The number of para-hydroxylation sites is 1. The molecule has 2 aromatic carbocycles. The maximum absolute atomic E-state index is 13.0. The molecule has 1 aromatic heterocycles. The van der Waals surface area contributed by atoms with Crippen molar-refractivity contribution in [3.63, 3.8) is 0 Å². The van der Waals surface area contributed by atoms with E-state index in [4.69, 9.17) is 0 Å². The number of rotatable bonds is 6. The summed E-state index contributed by atoms with van der Waals surface area (Å²) < 4.78 is 0. The second kappa shape index (κ2) is 10.9. The van der Waals surface area contributed by atoms with Gasteiger partial charge in [-0.1, -0.05) is 36.4 Å². The zero-order chi connectivity index (χ0) is 20.3. The molecule has 2 fully saturated rings. The Bertz CT molecular complexity index is 1000. The number of benzene rings is 2. The number of nitrogens with zero attached hydrogens (tertiary/aromatic N) is 5. The Morgan fingerprint density at radius 1 is 1.00 bits per heavy atom. The second-order valence-corrected chi connectivity index (χ2v) is 8.01. The lowest BCUT2D eigenvalue weighted by molar-refractivity contribution is 0.0494. The van der Waals surface area contributed by atoms with E-state index in [9.17, 15) is 4.79 Å².